The van der Waals surface area contributed by atoms with Crippen molar-refractivity contribution < 1.29 is 19.1 Å². The molecule has 0 heterocycles. The van der Waals surface area contributed by atoms with Gasteiger partial charge < -0.3 is 5.11 Å². The van der Waals surface area contributed by atoms with E-state index < -0.39 is 11.8 Å². The topological polar surface area (TPSA) is 54.4 Å². The minimum atomic E-state index is -1.41. The molecular weight excluding hydrogens is 343 g/mol. The molecular formula is C23H31FO3. The fourth-order valence-electron chi connectivity index (χ4n) is 7.42. The molecule has 3 fully saturated rings. The monoisotopic (exact) mass is 374 g/mol. The number of rotatable bonds is 2. The van der Waals surface area contributed by atoms with Crippen LogP contribution >= 0.6 is 0 Å². The fourth-order valence-corrected chi connectivity index (χ4v) is 7.42. The minimum Gasteiger partial charge on any atom is -0.476 e. The normalized spacial score (nSPS) is 45.5. The number of allylic oxidation sites excluding steroid dienone is 2. The molecule has 148 valence electrons. The van der Waals surface area contributed by atoms with Gasteiger partial charge in [0.1, 0.15) is 0 Å². The lowest BCUT2D eigenvalue weighted by molar-refractivity contribution is -0.134. The Morgan fingerprint density at radius 1 is 1.19 bits per heavy atom. The van der Waals surface area contributed by atoms with Crippen LogP contribution in [-0.2, 0) is 9.59 Å². The summed E-state index contributed by atoms with van der Waals surface area (Å²) in [6.07, 6.45) is 8.90. The number of halogens is 1. The van der Waals surface area contributed by atoms with Crippen molar-refractivity contribution in [1.82, 2.24) is 0 Å². The van der Waals surface area contributed by atoms with E-state index in [0.717, 1.165) is 38.5 Å². The molecule has 4 aliphatic carbocycles. The summed E-state index contributed by atoms with van der Waals surface area (Å²) in [7, 11) is 0. The highest BCUT2D eigenvalue weighted by Crippen LogP contribution is 2.68. The zero-order valence-corrected chi connectivity index (χ0v) is 16.7. The summed E-state index contributed by atoms with van der Waals surface area (Å²) in [6, 6.07) is 0. The first kappa shape index (κ1) is 18.9. The van der Waals surface area contributed by atoms with Crippen LogP contribution in [0.3, 0.4) is 0 Å². The number of hydrogen-bond acceptors (Lipinski definition) is 2. The number of fused-ring (bicyclic) bond motifs is 5. The molecule has 0 aromatic carbocycles. The van der Waals surface area contributed by atoms with Crippen LogP contribution in [0, 0.1) is 34.5 Å². The first-order chi connectivity index (χ1) is 12.7. The number of aliphatic carboxylic acids is 1. The lowest BCUT2D eigenvalue weighted by atomic mass is 9.44. The van der Waals surface area contributed by atoms with E-state index in [1.54, 1.807) is 0 Å². The highest BCUT2D eigenvalue weighted by molar-refractivity contribution is 5.91. The van der Waals surface area contributed by atoms with Gasteiger partial charge >= 0.3 is 5.97 Å². The van der Waals surface area contributed by atoms with Crippen LogP contribution in [-0.4, -0.2) is 16.9 Å². The Kier molecular flexibility index (Phi) is 4.40. The van der Waals surface area contributed by atoms with Crippen molar-refractivity contribution in [2.45, 2.75) is 72.1 Å². The second-order valence-corrected chi connectivity index (χ2v) is 9.81. The molecule has 27 heavy (non-hydrogen) atoms. The van der Waals surface area contributed by atoms with Crippen LogP contribution in [0.5, 0.6) is 0 Å². The number of hydrogen-bond donors (Lipinski definition) is 1. The van der Waals surface area contributed by atoms with E-state index in [2.05, 4.69) is 20.8 Å². The highest BCUT2D eigenvalue weighted by atomic mass is 19.1. The molecule has 4 heteroatoms. The van der Waals surface area contributed by atoms with Crippen molar-refractivity contribution in [3.05, 3.63) is 23.0 Å². The third kappa shape index (κ3) is 2.58. The Bertz CT molecular complexity index is 751. The fraction of sp³-hybridized carbons (Fsp3) is 0.739. The first-order valence-corrected chi connectivity index (χ1v) is 10.6. The van der Waals surface area contributed by atoms with E-state index in [0.29, 0.717) is 42.1 Å². The molecule has 0 aromatic heterocycles. The summed E-state index contributed by atoms with van der Waals surface area (Å²) in [4.78, 5) is 23.4. The second-order valence-electron chi connectivity index (χ2n) is 9.81. The van der Waals surface area contributed by atoms with Crippen LogP contribution in [0.4, 0.5) is 4.39 Å². The van der Waals surface area contributed by atoms with Crippen molar-refractivity contribution in [1.29, 1.82) is 0 Å². The van der Waals surface area contributed by atoms with Gasteiger partial charge in [0, 0.05) is 6.42 Å². The lowest BCUT2D eigenvalue weighted by Crippen LogP contribution is -2.53. The van der Waals surface area contributed by atoms with Crippen molar-refractivity contribution in [3.8, 4) is 0 Å². The average molecular weight is 374 g/mol. The van der Waals surface area contributed by atoms with Crippen molar-refractivity contribution in [3.63, 3.8) is 0 Å². The van der Waals surface area contributed by atoms with Gasteiger partial charge in [0.25, 0.3) is 0 Å². The molecule has 1 N–H and O–H groups in total. The second kappa shape index (κ2) is 6.28. The predicted octanol–water partition coefficient (Wildman–Crippen LogP) is 5.46. The Morgan fingerprint density at radius 3 is 2.56 bits per heavy atom. The molecule has 0 aliphatic heterocycles. The van der Waals surface area contributed by atoms with Gasteiger partial charge in [-0.1, -0.05) is 32.8 Å². The number of ketones is 1. The highest BCUT2D eigenvalue weighted by Gasteiger charge is 2.60. The summed E-state index contributed by atoms with van der Waals surface area (Å²) in [5, 5.41) is 9.23. The van der Waals surface area contributed by atoms with E-state index >= 15 is 0 Å². The van der Waals surface area contributed by atoms with Crippen LogP contribution in [0.15, 0.2) is 23.0 Å². The van der Waals surface area contributed by atoms with Gasteiger partial charge in [0.2, 0.25) is 5.83 Å². The maximum absolute atomic E-state index is 14.5. The van der Waals surface area contributed by atoms with Crippen LogP contribution in [0.1, 0.15) is 72.1 Å². The zero-order chi connectivity index (χ0) is 19.6. The van der Waals surface area contributed by atoms with E-state index in [1.807, 2.05) is 6.08 Å². The lowest BCUT2D eigenvalue weighted by Gasteiger charge is -2.60. The van der Waals surface area contributed by atoms with Crippen LogP contribution in [0.2, 0.25) is 0 Å². The summed E-state index contributed by atoms with van der Waals surface area (Å²) in [6.45, 7) is 6.69. The van der Waals surface area contributed by atoms with E-state index in [4.69, 9.17) is 0 Å². The average Bonchev–Trinajstić information content (AvgIpc) is 2.98. The predicted molar refractivity (Wildman–Crippen MR) is 102 cm³/mol. The summed E-state index contributed by atoms with van der Waals surface area (Å²) < 4.78 is 14.5. The van der Waals surface area contributed by atoms with Crippen LogP contribution in [0.25, 0.3) is 0 Å². The Morgan fingerprint density at radius 2 is 1.89 bits per heavy atom. The standard InChI is InChI=1S/C23H31FO3/c1-4-13-11-14-12-15(25)7-9-22(14,2)17-8-10-23(3)16(19(13)17)5-6-18(23)20(24)21(26)27/h12-13,16-17,19H,4-11H2,1-3H3,(H,26,27)/t13-,16+,17+,19+,22+,23+/m1/s1. The van der Waals surface area contributed by atoms with Gasteiger partial charge in [-0.05, 0) is 84.7 Å². The number of carbonyl (C=O) groups excluding carboxylic acids is 1. The Labute approximate surface area is 161 Å². The Balaban J connectivity index is 1.76. The molecule has 3 nitrogen and oxygen atoms in total. The molecule has 4 aliphatic rings. The number of carboxylic acids is 1. The Hall–Kier alpha value is -1.45. The van der Waals surface area contributed by atoms with Crippen molar-refractivity contribution >= 4 is 11.8 Å². The molecule has 4 rings (SSSR count). The minimum absolute atomic E-state index is 0.0867. The maximum Gasteiger partial charge on any atom is 0.364 e. The molecule has 0 radical (unpaired) electrons. The van der Waals surface area contributed by atoms with Gasteiger partial charge in [-0.2, -0.15) is 4.39 Å². The quantitative estimate of drug-likeness (QED) is 0.653. The van der Waals surface area contributed by atoms with Crippen LogP contribution < -0.4 is 0 Å². The maximum atomic E-state index is 14.5. The van der Waals surface area contributed by atoms with Crippen molar-refractivity contribution in [2.75, 3.05) is 0 Å². The van der Waals surface area contributed by atoms with Gasteiger partial charge in [-0.3, -0.25) is 4.79 Å². The van der Waals surface area contributed by atoms with Gasteiger partial charge in [-0.15, -0.1) is 0 Å². The smallest absolute Gasteiger partial charge is 0.364 e. The third-order valence-electron chi connectivity index (χ3n) is 8.90. The van der Waals surface area contributed by atoms with E-state index in [-0.39, 0.29) is 16.6 Å². The van der Waals surface area contributed by atoms with Gasteiger partial charge in [0.05, 0.1) is 0 Å². The SMILES string of the molecule is CC[C@@H]1CC2=CC(=O)CC[C@]2(C)[C@H]2CC[C@]3(C)C(=C(F)C(=O)O)CC[C@H]3[C@H]12. The van der Waals surface area contributed by atoms with Gasteiger partial charge in [-0.25, -0.2) is 4.79 Å². The summed E-state index contributed by atoms with van der Waals surface area (Å²) in [5.41, 5.74) is 1.67. The van der Waals surface area contributed by atoms with E-state index in [9.17, 15) is 19.1 Å². The molecule has 6 atom stereocenters. The van der Waals surface area contributed by atoms with Gasteiger partial charge in [0.15, 0.2) is 5.78 Å². The molecule has 0 amide bonds. The molecule has 0 saturated heterocycles. The number of carbonyl (C=O) groups is 2. The molecule has 0 aromatic rings. The largest absolute Gasteiger partial charge is 0.476 e. The molecule has 0 bridgehead atoms. The molecule has 0 unspecified atom stereocenters. The van der Waals surface area contributed by atoms with E-state index in [1.165, 1.54) is 5.57 Å². The first-order valence-electron chi connectivity index (χ1n) is 10.6. The summed E-state index contributed by atoms with van der Waals surface area (Å²) in [5.74, 6) is -0.144. The molecule has 3 saturated carbocycles. The molecule has 0 spiro atoms. The van der Waals surface area contributed by atoms with Crippen molar-refractivity contribution in [2.24, 2.45) is 34.5 Å². The number of carboxylic acid groups (broad SMARTS) is 1. The summed E-state index contributed by atoms with van der Waals surface area (Å²) >= 11 is 0. The third-order valence-corrected chi connectivity index (χ3v) is 8.90. The zero-order valence-electron chi connectivity index (χ0n) is 16.7.